The highest BCUT2D eigenvalue weighted by Crippen LogP contribution is 2.43. The Bertz CT molecular complexity index is 439. The topological polar surface area (TPSA) is 89.4 Å². The van der Waals surface area contributed by atoms with E-state index >= 15 is 0 Å². The molecule has 0 spiro atoms. The Hall–Kier alpha value is -1.10. The number of nitrogens with two attached hydrogens (primary N) is 2. The average Bonchev–Trinajstić information content (AvgIpc) is 2.46. The number of hydrogen-bond donors (Lipinski definition) is 2. The Balaban J connectivity index is 1.69. The lowest BCUT2D eigenvalue weighted by molar-refractivity contribution is -0.144. The smallest absolute Gasteiger partial charge is 0.225 e. The molecule has 0 radical (unpaired) electrons. The molecular formula is C17H29N3O2. The standard InChI is InChI=1S/C17H29N3O2/c1-10-5-6-13(16(19)21)9-20(10)17(22)14-7-11-3-2-4-12(8-14)15(11)18/h10-15H,2-9,18H2,1H3,(H2,19,21). The SMILES string of the molecule is CC1CCC(C(N)=O)CN1C(=O)C1CC2CCCC(C1)C2N. The molecule has 0 aromatic carbocycles. The van der Waals surface area contributed by atoms with Crippen molar-refractivity contribution in [3.63, 3.8) is 0 Å². The first-order valence-electron chi connectivity index (χ1n) is 8.82. The number of nitrogens with zero attached hydrogens (tertiary/aromatic N) is 1. The van der Waals surface area contributed by atoms with Crippen molar-refractivity contribution < 1.29 is 9.59 Å². The maximum Gasteiger partial charge on any atom is 0.225 e. The van der Waals surface area contributed by atoms with Crippen LogP contribution in [-0.2, 0) is 9.59 Å². The van der Waals surface area contributed by atoms with Crippen LogP contribution in [0, 0.1) is 23.7 Å². The second-order valence-electron chi connectivity index (χ2n) is 7.71. The van der Waals surface area contributed by atoms with Gasteiger partial charge in [-0.2, -0.15) is 0 Å². The number of amides is 2. The van der Waals surface area contributed by atoms with E-state index in [0.717, 1.165) is 25.7 Å². The molecule has 3 rings (SSSR count). The Morgan fingerprint density at radius 1 is 1.00 bits per heavy atom. The minimum atomic E-state index is -0.271. The van der Waals surface area contributed by atoms with Crippen LogP contribution in [0.3, 0.4) is 0 Å². The third kappa shape index (κ3) is 2.87. The summed E-state index contributed by atoms with van der Waals surface area (Å²) in [7, 11) is 0. The van der Waals surface area contributed by atoms with E-state index in [1.807, 2.05) is 4.90 Å². The van der Waals surface area contributed by atoms with Crippen LogP contribution in [0.25, 0.3) is 0 Å². The van der Waals surface area contributed by atoms with Crippen LogP contribution in [-0.4, -0.2) is 35.3 Å². The Morgan fingerprint density at radius 2 is 1.64 bits per heavy atom. The van der Waals surface area contributed by atoms with Gasteiger partial charge in [-0.1, -0.05) is 6.42 Å². The molecule has 1 aliphatic heterocycles. The van der Waals surface area contributed by atoms with Crippen molar-refractivity contribution >= 4 is 11.8 Å². The van der Waals surface area contributed by atoms with E-state index in [1.165, 1.54) is 19.3 Å². The quantitative estimate of drug-likeness (QED) is 0.804. The van der Waals surface area contributed by atoms with Crippen molar-refractivity contribution in [1.82, 2.24) is 4.90 Å². The number of hydrogen-bond acceptors (Lipinski definition) is 3. The van der Waals surface area contributed by atoms with Crippen LogP contribution in [0.2, 0.25) is 0 Å². The van der Waals surface area contributed by atoms with Gasteiger partial charge in [0.05, 0.1) is 5.92 Å². The lowest BCUT2D eigenvalue weighted by atomic mass is 9.64. The van der Waals surface area contributed by atoms with E-state index in [4.69, 9.17) is 11.5 Å². The second-order valence-corrected chi connectivity index (χ2v) is 7.71. The zero-order chi connectivity index (χ0) is 15.9. The summed E-state index contributed by atoms with van der Waals surface area (Å²) in [5.74, 6) is 0.908. The molecule has 2 bridgehead atoms. The third-order valence-electron chi connectivity index (χ3n) is 6.33. The summed E-state index contributed by atoms with van der Waals surface area (Å²) in [5, 5.41) is 0. The molecule has 0 aromatic rings. The van der Waals surface area contributed by atoms with Crippen LogP contribution in [0.1, 0.15) is 51.9 Å². The van der Waals surface area contributed by atoms with Crippen molar-refractivity contribution in [2.24, 2.45) is 35.1 Å². The largest absolute Gasteiger partial charge is 0.369 e. The molecule has 2 saturated carbocycles. The maximum atomic E-state index is 13.0. The minimum Gasteiger partial charge on any atom is -0.369 e. The lowest BCUT2D eigenvalue weighted by Crippen LogP contribution is -2.54. The molecule has 4 unspecified atom stereocenters. The zero-order valence-corrected chi connectivity index (χ0v) is 13.5. The monoisotopic (exact) mass is 307 g/mol. The summed E-state index contributed by atoms with van der Waals surface area (Å²) in [6.07, 6.45) is 7.14. The molecule has 3 aliphatic rings. The van der Waals surface area contributed by atoms with E-state index < -0.39 is 0 Å². The lowest BCUT2D eigenvalue weighted by Gasteiger charge is -2.46. The molecular weight excluding hydrogens is 278 g/mol. The van der Waals surface area contributed by atoms with Gasteiger partial charge < -0.3 is 16.4 Å². The molecule has 5 heteroatoms. The van der Waals surface area contributed by atoms with E-state index in [1.54, 1.807) is 0 Å². The Kier molecular flexibility index (Phi) is 4.44. The van der Waals surface area contributed by atoms with Crippen molar-refractivity contribution in [2.45, 2.75) is 64.0 Å². The van der Waals surface area contributed by atoms with Gasteiger partial charge in [0.1, 0.15) is 0 Å². The number of primary amides is 1. The number of carbonyl (C=O) groups excluding carboxylic acids is 2. The average molecular weight is 307 g/mol. The fourth-order valence-electron chi connectivity index (χ4n) is 4.87. The van der Waals surface area contributed by atoms with Gasteiger partial charge in [-0.25, -0.2) is 0 Å². The summed E-state index contributed by atoms with van der Waals surface area (Å²) in [6.45, 7) is 2.59. The van der Waals surface area contributed by atoms with Crippen LogP contribution in [0.4, 0.5) is 0 Å². The fraction of sp³-hybridized carbons (Fsp3) is 0.882. The van der Waals surface area contributed by atoms with Crippen LogP contribution >= 0.6 is 0 Å². The normalized spacial score (nSPS) is 42.0. The second kappa shape index (κ2) is 6.19. The molecule has 4 N–H and O–H groups in total. The van der Waals surface area contributed by atoms with E-state index in [9.17, 15) is 9.59 Å². The zero-order valence-electron chi connectivity index (χ0n) is 13.5. The van der Waals surface area contributed by atoms with Gasteiger partial charge in [0, 0.05) is 24.5 Å². The molecule has 5 nitrogen and oxygen atoms in total. The van der Waals surface area contributed by atoms with Crippen molar-refractivity contribution in [2.75, 3.05) is 6.54 Å². The van der Waals surface area contributed by atoms with Crippen LogP contribution in [0.15, 0.2) is 0 Å². The maximum absolute atomic E-state index is 13.0. The van der Waals surface area contributed by atoms with E-state index in [0.29, 0.717) is 18.4 Å². The van der Waals surface area contributed by atoms with Gasteiger partial charge in [-0.05, 0) is 57.3 Å². The number of fused-ring (bicyclic) bond motifs is 2. The summed E-state index contributed by atoms with van der Waals surface area (Å²) in [4.78, 5) is 26.4. The first-order valence-corrected chi connectivity index (χ1v) is 8.82. The first kappa shape index (κ1) is 15.8. The van der Waals surface area contributed by atoms with Gasteiger partial charge in [0.25, 0.3) is 0 Å². The van der Waals surface area contributed by atoms with Gasteiger partial charge in [-0.15, -0.1) is 0 Å². The molecule has 3 fully saturated rings. The molecule has 1 saturated heterocycles. The van der Waals surface area contributed by atoms with Crippen molar-refractivity contribution in [1.29, 1.82) is 0 Å². The van der Waals surface area contributed by atoms with E-state index in [-0.39, 0.29) is 35.7 Å². The molecule has 4 atom stereocenters. The predicted molar refractivity (Wildman–Crippen MR) is 84.6 cm³/mol. The van der Waals surface area contributed by atoms with E-state index in [2.05, 4.69) is 6.92 Å². The van der Waals surface area contributed by atoms with Gasteiger partial charge in [0.2, 0.25) is 11.8 Å². The molecule has 2 aliphatic carbocycles. The Morgan fingerprint density at radius 3 is 2.23 bits per heavy atom. The molecule has 124 valence electrons. The van der Waals surface area contributed by atoms with Crippen LogP contribution in [0.5, 0.6) is 0 Å². The highest BCUT2D eigenvalue weighted by molar-refractivity contribution is 5.82. The third-order valence-corrected chi connectivity index (χ3v) is 6.33. The highest BCUT2D eigenvalue weighted by atomic mass is 16.2. The molecule has 22 heavy (non-hydrogen) atoms. The van der Waals surface area contributed by atoms with Crippen molar-refractivity contribution in [3.05, 3.63) is 0 Å². The number of likely N-dealkylation sites (tertiary alicyclic amines) is 1. The predicted octanol–water partition coefficient (Wildman–Crippen LogP) is 1.25. The van der Waals surface area contributed by atoms with Gasteiger partial charge in [-0.3, -0.25) is 9.59 Å². The number of rotatable bonds is 2. The summed E-state index contributed by atoms with van der Waals surface area (Å²) in [6, 6.07) is 0.508. The molecule has 0 aromatic heterocycles. The number of piperidine rings is 1. The number of carbonyl (C=O) groups is 2. The minimum absolute atomic E-state index is 0.101. The molecule has 2 amide bonds. The fourth-order valence-corrected chi connectivity index (χ4v) is 4.87. The highest BCUT2D eigenvalue weighted by Gasteiger charge is 2.43. The van der Waals surface area contributed by atoms with Crippen molar-refractivity contribution in [3.8, 4) is 0 Å². The van der Waals surface area contributed by atoms with Gasteiger partial charge >= 0.3 is 0 Å². The summed E-state index contributed by atoms with van der Waals surface area (Å²) in [5.41, 5.74) is 11.8. The molecule has 1 heterocycles. The summed E-state index contributed by atoms with van der Waals surface area (Å²) >= 11 is 0. The van der Waals surface area contributed by atoms with Gasteiger partial charge in [0.15, 0.2) is 0 Å². The van der Waals surface area contributed by atoms with Crippen LogP contribution < -0.4 is 11.5 Å². The summed E-state index contributed by atoms with van der Waals surface area (Å²) < 4.78 is 0. The first-order chi connectivity index (χ1) is 10.5. The Labute approximate surface area is 132 Å².